The van der Waals surface area contributed by atoms with Crippen LogP contribution in [0.15, 0.2) is 65.5 Å². The lowest BCUT2D eigenvalue weighted by Gasteiger charge is -2.15. The van der Waals surface area contributed by atoms with E-state index in [2.05, 4.69) is 15.7 Å². The lowest BCUT2D eigenvalue weighted by atomic mass is 10.2. The summed E-state index contributed by atoms with van der Waals surface area (Å²) in [5.41, 5.74) is 0.353. The van der Waals surface area contributed by atoms with E-state index >= 15 is 0 Å². The van der Waals surface area contributed by atoms with Crippen LogP contribution in [-0.4, -0.2) is 27.6 Å². The molecule has 0 radical (unpaired) electrons. The predicted octanol–water partition coefficient (Wildman–Crippen LogP) is 2.11. The highest BCUT2D eigenvalue weighted by atomic mass is 19.1. The minimum Gasteiger partial charge on any atom is -0.350 e. The first-order valence-corrected chi connectivity index (χ1v) is 9.35. The number of rotatable bonds is 6. The van der Waals surface area contributed by atoms with Crippen LogP contribution in [0.25, 0.3) is 5.69 Å². The zero-order valence-corrected chi connectivity index (χ0v) is 16.6. The number of aromatic nitrogens is 2. The molecule has 0 aliphatic rings. The van der Waals surface area contributed by atoms with Crippen molar-refractivity contribution in [3.05, 3.63) is 93.7 Å². The Morgan fingerprint density at radius 3 is 2.47 bits per heavy atom. The standard InChI is InChI=1S/C22H21FN4O3/c1-14-12-19(28)20(26-27(14)18-11-7-6-10-17(18)23)22(30)25-15(2)21(29)24-13-16-8-4-3-5-9-16/h3-12,15H,13H2,1-2H3,(H,24,29)(H,25,30). The Bertz CT molecular complexity index is 1130. The molecular formula is C22H21FN4O3. The first-order chi connectivity index (χ1) is 14.4. The van der Waals surface area contributed by atoms with E-state index in [9.17, 15) is 18.8 Å². The molecule has 0 bridgehead atoms. The van der Waals surface area contributed by atoms with Crippen LogP contribution in [-0.2, 0) is 11.3 Å². The maximum absolute atomic E-state index is 14.1. The van der Waals surface area contributed by atoms with Crippen LogP contribution in [0.5, 0.6) is 0 Å². The summed E-state index contributed by atoms with van der Waals surface area (Å²) in [6.45, 7) is 3.40. The summed E-state index contributed by atoms with van der Waals surface area (Å²) in [4.78, 5) is 37.1. The second-order valence-corrected chi connectivity index (χ2v) is 6.76. The zero-order valence-electron chi connectivity index (χ0n) is 16.6. The first kappa shape index (κ1) is 20.9. The van der Waals surface area contributed by atoms with Crippen LogP contribution in [0.2, 0.25) is 0 Å². The number of halogens is 1. The SMILES string of the molecule is Cc1cc(=O)c(C(=O)NC(C)C(=O)NCc2ccccc2)nn1-c1ccccc1F. The van der Waals surface area contributed by atoms with Crippen LogP contribution in [0.4, 0.5) is 4.39 Å². The Hall–Kier alpha value is -3.81. The van der Waals surface area contributed by atoms with Crippen molar-refractivity contribution in [2.75, 3.05) is 0 Å². The maximum Gasteiger partial charge on any atom is 0.276 e. The van der Waals surface area contributed by atoms with Crippen LogP contribution >= 0.6 is 0 Å². The fraction of sp³-hybridized carbons (Fsp3) is 0.182. The molecule has 1 heterocycles. The van der Waals surface area contributed by atoms with Gasteiger partial charge in [-0.15, -0.1) is 0 Å². The largest absolute Gasteiger partial charge is 0.350 e. The Balaban J connectivity index is 1.74. The van der Waals surface area contributed by atoms with E-state index in [0.29, 0.717) is 12.2 Å². The van der Waals surface area contributed by atoms with Gasteiger partial charge in [0.25, 0.3) is 5.91 Å². The summed E-state index contributed by atoms with van der Waals surface area (Å²) in [6.07, 6.45) is 0. The van der Waals surface area contributed by atoms with Gasteiger partial charge in [-0.1, -0.05) is 42.5 Å². The number of aryl methyl sites for hydroxylation is 1. The fourth-order valence-electron chi connectivity index (χ4n) is 2.84. The van der Waals surface area contributed by atoms with Crippen molar-refractivity contribution in [3.63, 3.8) is 0 Å². The zero-order chi connectivity index (χ0) is 21.7. The van der Waals surface area contributed by atoms with Crippen molar-refractivity contribution in [1.29, 1.82) is 0 Å². The van der Waals surface area contributed by atoms with E-state index in [1.807, 2.05) is 30.3 Å². The molecule has 0 aliphatic heterocycles. The summed E-state index contributed by atoms with van der Waals surface area (Å²) in [5.74, 6) is -1.77. The van der Waals surface area contributed by atoms with Gasteiger partial charge in [0.15, 0.2) is 5.69 Å². The average Bonchev–Trinajstić information content (AvgIpc) is 2.73. The highest BCUT2D eigenvalue weighted by molar-refractivity contribution is 5.95. The lowest BCUT2D eigenvalue weighted by Crippen LogP contribution is -2.46. The summed E-state index contributed by atoms with van der Waals surface area (Å²) < 4.78 is 15.3. The molecule has 154 valence electrons. The van der Waals surface area contributed by atoms with Gasteiger partial charge in [0.2, 0.25) is 11.3 Å². The van der Waals surface area contributed by atoms with Gasteiger partial charge in [-0.05, 0) is 31.5 Å². The predicted molar refractivity (Wildman–Crippen MR) is 110 cm³/mol. The van der Waals surface area contributed by atoms with Crippen molar-refractivity contribution in [1.82, 2.24) is 20.4 Å². The number of nitrogens with zero attached hydrogens (tertiary/aromatic N) is 2. The van der Waals surface area contributed by atoms with Gasteiger partial charge in [-0.3, -0.25) is 14.4 Å². The first-order valence-electron chi connectivity index (χ1n) is 9.35. The normalized spacial score (nSPS) is 11.6. The molecule has 3 rings (SSSR count). The van der Waals surface area contributed by atoms with Crippen LogP contribution in [0.3, 0.4) is 0 Å². The quantitative estimate of drug-likeness (QED) is 0.653. The molecular weight excluding hydrogens is 387 g/mol. The number of hydrogen-bond acceptors (Lipinski definition) is 4. The van der Waals surface area contributed by atoms with E-state index in [4.69, 9.17) is 0 Å². The Kier molecular flexibility index (Phi) is 6.36. The van der Waals surface area contributed by atoms with Crippen molar-refractivity contribution in [3.8, 4) is 5.69 Å². The molecule has 2 aromatic carbocycles. The Morgan fingerprint density at radius 2 is 1.77 bits per heavy atom. The van der Waals surface area contributed by atoms with Crippen molar-refractivity contribution >= 4 is 11.8 Å². The van der Waals surface area contributed by atoms with E-state index in [1.54, 1.807) is 13.0 Å². The third-order valence-electron chi connectivity index (χ3n) is 4.45. The van der Waals surface area contributed by atoms with E-state index < -0.39 is 34.8 Å². The van der Waals surface area contributed by atoms with Gasteiger partial charge < -0.3 is 10.6 Å². The topological polar surface area (TPSA) is 93.1 Å². The number of para-hydroxylation sites is 1. The number of hydrogen-bond donors (Lipinski definition) is 2. The number of carbonyl (C=O) groups excluding carboxylic acids is 2. The third kappa shape index (κ3) is 4.78. The molecule has 0 fully saturated rings. The Labute approximate surface area is 172 Å². The maximum atomic E-state index is 14.1. The summed E-state index contributed by atoms with van der Waals surface area (Å²) in [5, 5.41) is 9.21. The molecule has 2 N–H and O–H groups in total. The highest BCUT2D eigenvalue weighted by Gasteiger charge is 2.21. The molecule has 30 heavy (non-hydrogen) atoms. The number of carbonyl (C=O) groups is 2. The molecule has 2 amide bonds. The second-order valence-electron chi connectivity index (χ2n) is 6.76. The minimum absolute atomic E-state index is 0.109. The minimum atomic E-state index is -0.898. The third-order valence-corrected chi connectivity index (χ3v) is 4.45. The molecule has 1 aromatic heterocycles. The molecule has 3 aromatic rings. The molecule has 1 atom stereocenters. The lowest BCUT2D eigenvalue weighted by molar-refractivity contribution is -0.122. The van der Waals surface area contributed by atoms with E-state index in [1.165, 1.54) is 35.9 Å². The van der Waals surface area contributed by atoms with Gasteiger partial charge in [0.1, 0.15) is 17.5 Å². The molecule has 1 unspecified atom stereocenters. The van der Waals surface area contributed by atoms with Gasteiger partial charge in [-0.2, -0.15) is 5.10 Å². The number of amides is 2. The van der Waals surface area contributed by atoms with Crippen LogP contribution < -0.4 is 16.1 Å². The van der Waals surface area contributed by atoms with Gasteiger partial charge >= 0.3 is 0 Å². The fourth-order valence-corrected chi connectivity index (χ4v) is 2.84. The van der Waals surface area contributed by atoms with Crippen molar-refractivity contribution in [2.24, 2.45) is 0 Å². The highest BCUT2D eigenvalue weighted by Crippen LogP contribution is 2.13. The monoisotopic (exact) mass is 408 g/mol. The average molecular weight is 408 g/mol. The number of nitrogens with one attached hydrogen (secondary N) is 2. The van der Waals surface area contributed by atoms with Crippen LogP contribution in [0, 0.1) is 12.7 Å². The van der Waals surface area contributed by atoms with E-state index in [0.717, 1.165) is 5.56 Å². The summed E-state index contributed by atoms with van der Waals surface area (Å²) >= 11 is 0. The van der Waals surface area contributed by atoms with E-state index in [-0.39, 0.29) is 5.69 Å². The Morgan fingerprint density at radius 1 is 1.10 bits per heavy atom. The summed E-state index contributed by atoms with van der Waals surface area (Å²) in [7, 11) is 0. The van der Waals surface area contributed by atoms with Crippen molar-refractivity contribution < 1.29 is 14.0 Å². The van der Waals surface area contributed by atoms with Gasteiger partial charge in [0.05, 0.1) is 0 Å². The second kappa shape index (κ2) is 9.13. The van der Waals surface area contributed by atoms with Gasteiger partial charge in [-0.25, -0.2) is 9.07 Å². The summed E-state index contributed by atoms with van der Waals surface area (Å²) in [6, 6.07) is 15.5. The molecule has 0 spiro atoms. The van der Waals surface area contributed by atoms with Gasteiger partial charge in [0, 0.05) is 18.3 Å². The number of benzene rings is 2. The molecule has 7 nitrogen and oxygen atoms in total. The molecule has 0 aliphatic carbocycles. The smallest absolute Gasteiger partial charge is 0.276 e. The molecule has 8 heteroatoms. The molecule has 0 saturated heterocycles. The van der Waals surface area contributed by atoms with Crippen LogP contribution in [0.1, 0.15) is 28.7 Å². The van der Waals surface area contributed by atoms with Crippen molar-refractivity contribution in [2.45, 2.75) is 26.4 Å². The molecule has 0 saturated carbocycles.